The van der Waals surface area contributed by atoms with Gasteiger partial charge in [-0.1, -0.05) is 11.6 Å². The van der Waals surface area contributed by atoms with Crippen molar-refractivity contribution >= 4 is 33.4 Å². The highest BCUT2D eigenvalue weighted by Crippen LogP contribution is 2.26. The minimum absolute atomic E-state index is 0.0517. The highest BCUT2D eigenvalue weighted by molar-refractivity contribution is 9.10. The molecule has 1 aromatic heterocycles. The van der Waals surface area contributed by atoms with Gasteiger partial charge in [-0.15, -0.1) is 0 Å². The molecule has 27 heavy (non-hydrogen) atoms. The van der Waals surface area contributed by atoms with Gasteiger partial charge in [0.25, 0.3) is 5.91 Å². The number of carbonyl (C=O) groups excluding carboxylic acids is 1. The summed E-state index contributed by atoms with van der Waals surface area (Å²) in [5.41, 5.74) is 2.70. The van der Waals surface area contributed by atoms with Crippen molar-refractivity contribution < 1.29 is 9.53 Å². The molecule has 1 aliphatic rings. The number of aryl methyl sites for hydroxylation is 2. The van der Waals surface area contributed by atoms with Crippen LogP contribution in [0.5, 0.6) is 5.75 Å². The molecule has 0 saturated carbocycles. The number of carbonyl (C=O) groups is 1. The van der Waals surface area contributed by atoms with Crippen molar-refractivity contribution in [2.24, 2.45) is 7.05 Å². The van der Waals surface area contributed by atoms with Crippen LogP contribution in [0.1, 0.15) is 28.0 Å². The van der Waals surface area contributed by atoms with Crippen LogP contribution in [0.3, 0.4) is 0 Å². The number of halogens is 2. The van der Waals surface area contributed by atoms with E-state index in [1.807, 2.05) is 37.1 Å². The lowest BCUT2D eigenvalue weighted by atomic mass is 10.2. The van der Waals surface area contributed by atoms with Gasteiger partial charge in [0.2, 0.25) is 0 Å². The van der Waals surface area contributed by atoms with Gasteiger partial charge < -0.3 is 9.64 Å². The molecule has 2 heterocycles. The van der Waals surface area contributed by atoms with Crippen molar-refractivity contribution in [3.8, 4) is 5.75 Å². The second-order valence-corrected chi connectivity index (χ2v) is 7.96. The van der Waals surface area contributed by atoms with E-state index in [-0.39, 0.29) is 5.91 Å². The minimum Gasteiger partial charge on any atom is -0.496 e. The van der Waals surface area contributed by atoms with Crippen LogP contribution < -0.4 is 4.74 Å². The summed E-state index contributed by atoms with van der Waals surface area (Å²) >= 11 is 9.82. The van der Waals surface area contributed by atoms with E-state index in [1.165, 1.54) is 0 Å². The third kappa shape index (κ3) is 4.47. The van der Waals surface area contributed by atoms with E-state index in [0.717, 1.165) is 54.1 Å². The number of methoxy groups -OCH3 is 1. The molecule has 0 radical (unpaired) electrons. The smallest absolute Gasteiger partial charge is 0.253 e. The molecule has 8 heteroatoms. The van der Waals surface area contributed by atoms with Crippen LogP contribution in [0.4, 0.5) is 0 Å². The molecule has 2 aromatic rings. The summed E-state index contributed by atoms with van der Waals surface area (Å²) in [6, 6.07) is 5.45. The molecule has 0 N–H and O–H groups in total. The molecule has 1 fully saturated rings. The van der Waals surface area contributed by atoms with E-state index in [0.29, 0.717) is 17.3 Å². The Morgan fingerprint density at radius 1 is 1.30 bits per heavy atom. The summed E-state index contributed by atoms with van der Waals surface area (Å²) in [7, 11) is 3.47. The molecule has 1 amide bonds. The van der Waals surface area contributed by atoms with Crippen LogP contribution in [-0.4, -0.2) is 58.8 Å². The van der Waals surface area contributed by atoms with Crippen molar-refractivity contribution in [2.75, 3.05) is 33.3 Å². The number of hydrogen-bond acceptors (Lipinski definition) is 4. The van der Waals surface area contributed by atoms with E-state index in [2.05, 4.69) is 25.9 Å². The van der Waals surface area contributed by atoms with Gasteiger partial charge in [0.05, 0.1) is 17.3 Å². The zero-order valence-electron chi connectivity index (χ0n) is 15.8. The lowest BCUT2D eigenvalue weighted by Gasteiger charge is -2.22. The van der Waals surface area contributed by atoms with Crippen molar-refractivity contribution in [1.29, 1.82) is 0 Å². The van der Waals surface area contributed by atoms with Crippen LogP contribution in [-0.2, 0) is 13.6 Å². The Kier molecular flexibility index (Phi) is 6.44. The minimum atomic E-state index is 0.0517. The molecule has 0 bridgehead atoms. The second kappa shape index (κ2) is 8.63. The van der Waals surface area contributed by atoms with Gasteiger partial charge in [0.15, 0.2) is 0 Å². The topological polar surface area (TPSA) is 50.6 Å². The first-order valence-electron chi connectivity index (χ1n) is 8.94. The predicted molar refractivity (Wildman–Crippen MR) is 109 cm³/mol. The van der Waals surface area contributed by atoms with Crippen LogP contribution in [0.2, 0.25) is 5.15 Å². The van der Waals surface area contributed by atoms with Crippen molar-refractivity contribution in [1.82, 2.24) is 19.6 Å². The molecule has 0 unspecified atom stereocenters. The Morgan fingerprint density at radius 2 is 2.07 bits per heavy atom. The first-order valence-corrected chi connectivity index (χ1v) is 10.1. The molecule has 1 aliphatic heterocycles. The first kappa shape index (κ1) is 20.2. The molecule has 1 aromatic carbocycles. The van der Waals surface area contributed by atoms with E-state index in [1.54, 1.807) is 11.8 Å². The van der Waals surface area contributed by atoms with Gasteiger partial charge in [0, 0.05) is 50.9 Å². The van der Waals surface area contributed by atoms with Crippen molar-refractivity contribution in [3.63, 3.8) is 0 Å². The molecular weight excluding hydrogens is 432 g/mol. The fraction of sp³-hybridized carbons (Fsp3) is 0.474. The summed E-state index contributed by atoms with van der Waals surface area (Å²) in [5, 5.41) is 5.07. The average Bonchev–Trinajstić information content (AvgIpc) is 2.83. The summed E-state index contributed by atoms with van der Waals surface area (Å²) in [5.74, 6) is 0.771. The highest BCUT2D eigenvalue weighted by atomic mass is 79.9. The van der Waals surface area contributed by atoms with Crippen LogP contribution in [0.15, 0.2) is 22.7 Å². The summed E-state index contributed by atoms with van der Waals surface area (Å²) < 4.78 is 7.74. The van der Waals surface area contributed by atoms with E-state index >= 15 is 0 Å². The molecule has 0 aliphatic carbocycles. The Morgan fingerprint density at radius 3 is 2.70 bits per heavy atom. The monoisotopic (exact) mass is 454 g/mol. The molecule has 0 spiro atoms. The van der Waals surface area contributed by atoms with Crippen molar-refractivity contribution in [3.05, 3.63) is 44.6 Å². The van der Waals surface area contributed by atoms with Crippen molar-refractivity contribution in [2.45, 2.75) is 19.9 Å². The summed E-state index contributed by atoms with van der Waals surface area (Å²) in [6.45, 7) is 5.93. The lowest BCUT2D eigenvalue weighted by molar-refractivity contribution is 0.0761. The zero-order valence-corrected chi connectivity index (χ0v) is 18.2. The Bertz CT molecular complexity index is 839. The van der Waals surface area contributed by atoms with Gasteiger partial charge in [-0.05, 0) is 47.5 Å². The predicted octanol–water partition coefficient (Wildman–Crippen LogP) is 3.50. The highest BCUT2D eigenvalue weighted by Gasteiger charge is 2.22. The number of rotatable bonds is 4. The molecule has 3 rings (SSSR count). The molecule has 0 atom stereocenters. The van der Waals surface area contributed by atoms with Crippen LogP contribution in [0, 0.1) is 6.92 Å². The van der Waals surface area contributed by atoms with Gasteiger partial charge in [0.1, 0.15) is 10.9 Å². The summed E-state index contributed by atoms with van der Waals surface area (Å²) in [4.78, 5) is 17.2. The molecular formula is C19H24BrClN4O2. The fourth-order valence-electron chi connectivity index (χ4n) is 3.39. The standard InChI is InChI=1S/C19H24BrClN4O2/c1-13-15(18(21)23(2)22-13)12-24-7-4-8-25(10-9-24)19(26)14-5-6-17(27-3)16(20)11-14/h5-6,11H,4,7-10,12H2,1-3H3. The van der Waals surface area contributed by atoms with Crippen LogP contribution >= 0.6 is 27.5 Å². The summed E-state index contributed by atoms with van der Waals surface area (Å²) in [6.07, 6.45) is 0.931. The number of ether oxygens (including phenoxy) is 1. The molecule has 146 valence electrons. The fourth-order valence-corrected chi connectivity index (χ4v) is 4.17. The lowest BCUT2D eigenvalue weighted by Crippen LogP contribution is -2.35. The maximum atomic E-state index is 12.9. The maximum absolute atomic E-state index is 12.9. The van der Waals surface area contributed by atoms with E-state index in [4.69, 9.17) is 16.3 Å². The average molecular weight is 456 g/mol. The van der Waals surface area contributed by atoms with E-state index in [9.17, 15) is 4.79 Å². The largest absolute Gasteiger partial charge is 0.496 e. The number of hydrogen-bond donors (Lipinski definition) is 0. The quantitative estimate of drug-likeness (QED) is 0.708. The second-order valence-electron chi connectivity index (χ2n) is 6.75. The van der Waals surface area contributed by atoms with Gasteiger partial charge >= 0.3 is 0 Å². The number of nitrogens with zero attached hydrogens (tertiary/aromatic N) is 4. The van der Waals surface area contributed by atoms with Gasteiger partial charge in [-0.2, -0.15) is 5.10 Å². The SMILES string of the molecule is COc1ccc(C(=O)N2CCCN(Cc3c(C)nn(C)c3Cl)CC2)cc1Br. The Labute approximate surface area is 173 Å². The molecule has 6 nitrogen and oxygen atoms in total. The number of amides is 1. The third-order valence-electron chi connectivity index (χ3n) is 4.93. The molecule has 1 saturated heterocycles. The van der Waals surface area contributed by atoms with Gasteiger partial charge in [-0.3, -0.25) is 14.4 Å². The Balaban J connectivity index is 1.65. The maximum Gasteiger partial charge on any atom is 0.253 e. The normalized spacial score (nSPS) is 15.7. The number of benzene rings is 1. The first-order chi connectivity index (χ1) is 12.9. The van der Waals surface area contributed by atoms with E-state index < -0.39 is 0 Å². The number of aromatic nitrogens is 2. The van der Waals surface area contributed by atoms with Gasteiger partial charge in [-0.25, -0.2) is 0 Å². The Hall–Kier alpha value is -1.57. The third-order valence-corrected chi connectivity index (χ3v) is 6.02. The zero-order chi connectivity index (χ0) is 19.6. The van der Waals surface area contributed by atoms with Crippen LogP contribution in [0.25, 0.3) is 0 Å².